The lowest BCUT2D eigenvalue weighted by molar-refractivity contribution is -0.121. The maximum atomic E-state index is 13.6. The van der Waals surface area contributed by atoms with Gasteiger partial charge in [-0.2, -0.15) is 0 Å². The van der Waals surface area contributed by atoms with Gasteiger partial charge in [0.25, 0.3) is 0 Å². The van der Waals surface area contributed by atoms with E-state index >= 15 is 0 Å². The summed E-state index contributed by atoms with van der Waals surface area (Å²) in [4.78, 5) is 22.0. The summed E-state index contributed by atoms with van der Waals surface area (Å²) in [7, 11) is 0. The summed E-state index contributed by atoms with van der Waals surface area (Å²) in [6.07, 6.45) is 5.60. The number of benzene rings is 1. The van der Waals surface area contributed by atoms with Crippen LogP contribution >= 0.6 is 0 Å². The number of nitrogens with zero attached hydrogens (tertiary/aromatic N) is 2. The van der Waals surface area contributed by atoms with E-state index in [2.05, 4.69) is 20.2 Å². The number of H-pyrrole nitrogens is 1. The van der Waals surface area contributed by atoms with Crippen molar-refractivity contribution in [2.45, 2.75) is 45.7 Å². The number of aryl methyl sites for hydroxylation is 1. The predicted molar refractivity (Wildman–Crippen MR) is 98.8 cm³/mol. The molecule has 0 radical (unpaired) electrons. The van der Waals surface area contributed by atoms with Crippen molar-refractivity contribution in [3.05, 3.63) is 53.4 Å². The minimum Gasteiger partial charge on any atom is -0.352 e. The van der Waals surface area contributed by atoms with Crippen LogP contribution in [0.3, 0.4) is 0 Å². The van der Waals surface area contributed by atoms with E-state index in [1.165, 1.54) is 12.5 Å². The maximum Gasteiger partial charge on any atom is 0.220 e. The van der Waals surface area contributed by atoms with E-state index in [-0.39, 0.29) is 18.3 Å². The first-order valence-corrected chi connectivity index (χ1v) is 9.33. The Morgan fingerprint density at radius 2 is 2.27 bits per heavy atom. The number of halogens is 1. The Labute approximate surface area is 154 Å². The Morgan fingerprint density at radius 3 is 3.04 bits per heavy atom. The van der Waals surface area contributed by atoms with Crippen molar-refractivity contribution >= 4 is 5.91 Å². The molecule has 2 heterocycles. The fraction of sp³-hybridized carbons (Fsp3) is 0.500. The Bertz CT molecular complexity index is 730. The van der Waals surface area contributed by atoms with Gasteiger partial charge in [0.15, 0.2) is 0 Å². The third kappa shape index (κ3) is 5.39. The van der Waals surface area contributed by atoms with Crippen molar-refractivity contribution in [3.8, 4) is 0 Å². The number of piperidine rings is 1. The van der Waals surface area contributed by atoms with E-state index < -0.39 is 0 Å². The molecule has 0 spiro atoms. The van der Waals surface area contributed by atoms with Crippen LogP contribution in [-0.2, 0) is 17.9 Å². The van der Waals surface area contributed by atoms with Crippen molar-refractivity contribution in [3.63, 3.8) is 0 Å². The number of nitrogens with one attached hydrogen (secondary N) is 2. The number of aromatic amines is 1. The fourth-order valence-electron chi connectivity index (χ4n) is 3.58. The van der Waals surface area contributed by atoms with Gasteiger partial charge >= 0.3 is 0 Å². The summed E-state index contributed by atoms with van der Waals surface area (Å²) in [5.74, 6) is 1.20. The summed E-state index contributed by atoms with van der Waals surface area (Å²) in [6.45, 7) is 5.20. The van der Waals surface area contributed by atoms with Crippen molar-refractivity contribution in [1.82, 2.24) is 20.2 Å². The number of rotatable bonds is 7. The lowest BCUT2D eigenvalue weighted by atomic mass is 9.93. The highest BCUT2D eigenvalue weighted by atomic mass is 19.1. The highest BCUT2D eigenvalue weighted by Gasteiger charge is 2.21. The van der Waals surface area contributed by atoms with Gasteiger partial charge in [-0.05, 0) is 44.7 Å². The molecule has 1 aliphatic rings. The highest BCUT2D eigenvalue weighted by molar-refractivity contribution is 5.75. The quantitative estimate of drug-likeness (QED) is 0.799. The number of aromatic nitrogens is 2. The molecule has 1 atom stereocenters. The van der Waals surface area contributed by atoms with Crippen molar-refractivity contribution < 1.29 is 9.18 Å². The second-order valence-corrected chi connectivity index (χ2v) is 7.14. The molecule has 0 saturated carbocycles. The zero-order valence-corrected chi connectivity index (χ0v) is 15.3. The molecule has 0 bridgehead atoms. The molecule has 1 aromatic carbocycles. The van der Waals surface area contributed by atoms with Crippen LogP contribution in [0.25, 0.3) is 0 Å². The second kappa shape index (κ2) is 8.94. The number of carbonyl (C=O) groups excluding carboxylic acids is 1. The minimum atomic E-state index is -0.273. The monoisotopic (exact) mass is 358 g/mol. The molecule has 1 saturated heterocycles. The summed E-state index contributed by atoms with van der Waals surface area (Å²) >= 11 is 0. The Hall–Kier alpha value is -2.21. The maximum absolute atomic E-state index is 13.6. The average Bonchev–Trinajstić information content (AvgIpc) is 3.04. The molecule has 2 N–H and O–H groups in total. The smallest absolute Gasteiger partial charge is 0.220 e. The van der Waals surface area contributed by atoms with E-state index in [4.69, 9.17) is 0 Å². The van der Waals surface area contributed by atoms with Crippen LogP contribution in [0.2, 0.25) is 0 Å². The van der Waals surface area contributed by atoms with E-state index in [1.807, 2.05) is 13.1 Å². The molecular formula is C20H27FN4O. The molecule has 1 unspecified atom stereocenters. The van der Waals surface area contributed by atoms with Crippen LogP contribution < -0.4 is 5.32 Å². The Kier molecular flexibility index (Phi) is 6.39. The third-order valence-corrected chi connectivity index (χ3v) is 4.97. The van der Waals surface area contributed by atoms with Crippen LogP contribution in [-0.4, -0.2) is 33.9 Å². The van der Waals surface area contributed by atoms with Gasteiger partial charge in [0, 0.05) is 43.5 Å². The number of likely N-dealkylation sites (tertiary alicyclic amines) is 1. The largest absolute Gasteiger partial charge is 0.352 e. The molecule has 1 fully saturated rings. The van der Waals surface area contributed by atoms with Crippen LogP contribution in [0.15, 0.2) is 30.5 Å². The molecule has 6 heteroatoms. The first-order valence-electron chi connectivity index (χ1n) is 9.33. The molecule has 140 valence electrons. The minimum absolute atomic E-state index is 0.00503. The first kappa shape index (κ1) is 18.6. The van der Waals surface area contributed by atoms with Crippen molar-refractivity contribution in [2.75, 3.05) is 13.1 Å². The molecule has 1 amide bonds. The van der Waals surface area contributed by atoms with E-state index in [0.29, 0.717) is 17.9 Å². The van der Waals surface area contributed by atoms with Gasteiger partial charge in [0.2, 0.25) is 5.91 Å². The summed E-state index contributed by atoms with van der Waals surface area (Å²) < 4.78 is 13.6. The molecule has 1 aliphatic heterocycles. The van der Waals surface area contributed by atoms with E-state index in [0.717, 1.165) is 44.0 Å². The molecule has 2 aromatic rings. The van der Waals surface area contributed by atoms with Crippen LogP contribution in [0, 0.1) is 18.7 Å². The van der Waals surface area contributed by atoms with Gasteiger partial charge in [-0.1, -0.05) is 18.2 Å². The zero-order chi connectivity index (χ0) is 18.4. The number of carbonyl (C=O) groups is 1. The van der Waals surface area contributed by atoms with Gasteiger partial charge in [-0.25, -0.2) is 9.37 Å². The summed E-state index contributed by atoms with van der Waals surface area (Å²) in [5, 5.41) is 2.83. The normalized spacial score (nSPS) is 18.0. The number of imidazole rings is 1. The summed E-state index contributed by atoms with van der Waals surface area (Å²) in [6, 6.07) is 6.55. The number of amides is 1. The van der Waals surface area contributed by atoms with Crippen molar-refractivity contribution in [2.24, 2.45) is 5.92 Å². The standard InChI is InChI=1S/C20H27FN4O/c1-15-22-12-18(24-15)14-25-10-4-5-16(13-25)8-9-20(26)23-11-17-6-2-3-7-19(17)21/h2-3,6-7,12,16H,4-5,8-11,13-14H2,1H3,(H,22,24)(H,23,26). The molecule has 1 aromatic heterocycles. The molecule has 3 rings (SSSR count). The Morgan fingerprint density at radius 1 is 1.42 bits per heavy atom. The number of hydrogen-bond acceptors (Lipinski definition) is 3. The molecular weight excluding hydrogens is 331 g/mol. The third-order valence-electron chi connectivity index (χ3n) is 4.97. The fourth-order valence-corrected chi connectivity index (χ4v) is 3.58. The Balaban J connectivity index is 1.39. The van der Waals surface area contributed by atoms with Gasteiger partial charge in [0.05, 0.1) is 0 Å². The topological polar surface area (TPSA) is 61.0 Å². The molecule has 0 aliphatic carbocycles. The zero-order valence-electron chi connectivity index (χ0n) is 15.3. The van der Waals surface area contributed by atoms with Gasteiger partial charge in [-0.3, -0.25) is 9.69 Å². The van der Waals surface area contributed by atoms with Gasteiger partial charge in [0.1, 0.15) is 11.6 Å². The second-order valence-electron chi connectivity index (χ2n) is 7.14. The first-order chi connectivity index (χ1) is 12.6. The van der Waals surface area contributed by atoms with Gasteiger partial charge < -0.3 is 10.3 Å². The average molecular weight is 358 g/mol. The molecule has 5 nitrogen and oxygen atoms in total. The predicted octanol–water partition coefficient (Wildman–Crippen LogP) is 3.17. The van der Waals surface area contributed by atoms with Crippen LogP contribution in [0.4, 0.5) is 4.39 Å². The lowest BCUT2D eigenvalue weighted by Gasteiger charge is -2.32. The van der Waals surface area contributed by atoms with Crippen molar-refractivity contribution in [1.29, 1.82) is 0 Å². The van der Waals surface area contributed by atoms with Crippen LogP contribution in [0.1, 0.15) is 42.8 Å². The summed E-state index contributed by atoms with van der Waals surface area (Å²) in [5.41, 5.74) is 1.67. The molecule has 26 heavy (non-hydrogen) atoms. The highest BCUT2D eigenvalue weighted by Crippen LogP contribution is 2.22. The van der Waals surface area contributed by atoms with Gasteiger partial charge in [-0.15, -0.1) is 0 Å². The SMILES string of the molecule is Cc1ncc(CN2CCCC(CCC(=O)NCc3ccccc3F)C2)[nH]1. The van der Waals surface area contributed by atoms with E-state index in [1.54, 1.807) is 18.2 Å². The number of hydrogen-bond donors (Lipinski definition) is 2. The van der Waals surface area contributed by atoms with E-state index in [9.17, 15) is 9.18 Å². The van der Waals surface area contributed by atoms with Crippen LogP contribution in [0.5, 0.6) is 0 Å². The lowest BCUT2D eigenvalue weighted by Crippen LogP contribution is -2.35.